The molecule has 0 bridgehead atoms. The molecule has 0 spiro atoms. The zero-order valence-electron chi connectivity index (χ0n) is 18.4. The summed E-state index contributed by atoms with van der Waals surface area (Å²) in [5, 5.41) is 3.46. The van der Waals surface area contributed by atoms with Crippen LogP contribution in [-0.2, 0) is 16.1 Å². The predicted octanol–water partition coefficient (Wildman–Crippen LogP) is 4.53. The van der Waals surface area contributed by atoms with Gasteiger partial charge in [0.15, 0.2) is 6.61 Å². The summed E-state index contributed by atoms with van der Waals surface area (Å²) in [4.78, 5) is 27.2. The molecular formula is C24H31ClN2O3. The fraction of sp³-hybridized carbons (Fsp3) is 0.417. The first kappa shape index (κ1) is 23.7. The van der Waals surface area contributed by atoms with Crippen molar-refractivity contribution in [1.82, 2.24) is 10.2 Å². The number of nitrogens with zero attached hydrogens (tertiary/aromatic N) is 1. The van der Waals surface area contributed by atoms with E-state index in [-0.39, 0.29) is 25.0 Å². The summed E-state index contributed by atoms with van der Waals surface area (Å²) in [5.41, 5.74) is 2.90. The van der Waals surface area contributed by atoms with Crippen molar-refractivity contribution < 1.29 is 14.3 Å². The van der Waals surface area contributed by atoms with Gasteiger partial charge in [0.05, 0.1) is 0 Å². The van der Waals surface area contributed by atoms with Crippen LogP contribution in [0.4, 0.5) is 0 Å². The number of nitrogens with one attached hydrogen (secondary N) is 1. The number of aryl methyl sites for hydroxylation is 2. The molecule has 6 heteroatoms. The summed E-state index contributed by atoms with van der Waals surface area (Å²) in [6.45, 7) is 10.3. The average molecular weight is 431 g/mol. The highest BCUT2D eigenvalue weighted by Crippen LogP contribution is 2.20. The van der Waals surface area contributed by atoms with Gasteiger partial charge in [0.1, 0.15) is 11.8 Å². The number of halogens is 1. The third-order valence-corrected chi connectivity index (χ3v) is 5.08. The van der Waals surface area contributed by atoms with E-state index >= 15 is 0 Å². The molecule has 1 N–H and O–H groups in total. The molecule has 0 aromatic heterocycles. The monoisotopic (exact) mass is 430 g/mol. The molecule has 30 heavy (non-hydrogen) atoms. The molecule has 0 radical (unpaired) electrons. The van der Waals surface area contributed by atoms with Crippen molar-refractivity contribution in [2.75, 3.05) is 13.2 Å². The van der Waals surface area contributed by atoms with Crippen molar-refractivity contribution in [3.8, 4) is 5.75 Å². The van der Waals surface area contributed by atoms with Crippen LogP contribution in [0.15, 0.2) is 42.5 Å². The normalized spacial score (nSPS) is 11.8. The van der Waals surface area contributed by atoms with Gasteiger partial charge in [-0.1, -0.05) is 49.7 Å². The van der Waals surface area contributed by atoms with Gasteiger partial charge < -0.3 is 15.0 Å². The molecule has 2 aromatic rings. The fourth-order valence-electron chi connectivity index (χ4n) is 3.09. The van der Waals surface area contributed by atoms with E-state index < -0.39 is 6.04 Å². The Kier molecular flexibility index (Phi) is 8.72. The van der Waals surface area contributed by atoms with Crippen LogP contribution in [-0.4, -0.2) is 35.9 Å². The summed E-state index contributed by atoms with van der Waals surface area (Å²) in [6.07, 6.45) is 0. The number of benzene rings is 2. The molecule has 0 aliphatic carbocycles. The minimum absolute atomic E-state index is 0.158. The third kappa shape index (κ3) is 7.06. The number of amides is 2. The maximum Gasteiger partial charge on any atom is 0.261 e. The molecule has 0 saturated heterocycles. The van der Waals surface area contributed by atoms with Gasteiger partial charge in [-0.05, 0) is 61.6 Å². The topological polar surface area (TPSA) is 58.6 Å². The second kappa shape index (κ2) is 11.0. The quantitative estimate of drug-likeness (QED) is 0.636. The Balaban J connectivity index is 2.17. The predicted molar refractivity (Wildman–Crippen MR) is 121 cm³/mol. The summed E-state index contributed by atoms with van der Waals surface area (Å²) in [7, 11) is 0. The highest BCUT2D eigenvalue weighted by Gasteiger charge is 2.27. The highest BCUT2D eigenvalue weighted by atomic mass is 35.5. The zero-order valence-corrected chi connectivity index (χ0v) is 19.1. The summed E-state index contributed by atoms with van der Waals surface area (Å²) in [6, 6.07) is 12.5. The molecule has 1 atom stereocenters. The Morgan fingerprint density at radius 3 is 2.30 bits per heavy atom. The second-order valence-corrected chi connectivity index (χ2v) is 8.45. The Bertz CT molecular complexity index is 862. The second-order valence-electron chi connectivity index (χ2n) is 8.04. The molecule has 2 amide bonds. The van der Waals surface area contributed by atoms with Crippen molar-refractivity contribution in [3.63, 3.8) is 0 Å². The van der Waals surface area contributed by atoms with E-state index in [9.17, 15) is 9.59 Å². The lowest BCUT2D eigenvalue weighted by molar-refractivity contribution is -0.142. The molecule has 1 unspecified atom stereocenters. The van der Waals surface area contributed by atoms with Crippen LogP contribution in [0.3, 0.4) is 0 Å². The first-order valence-corrected chi connectivity index (χ1v) is 10.6. The molecule has 162 valence electrons. The van der Waals surface area contributed by atoms with E-state index in [1.54, 1.807) is 13.0 Å². The van der Waals surface area contributed by atoms with E-state index in [4.69, 9.17) is 16.3 Å². The Hall–Kier alpha value is -2.53. The van der Waals surface area contributed by atoms with Crippen LogP contribution < -0.4 is 10.1 Å². The lowest BCUT2D eigenvalue weighted by atomic mass is 10.1. The largest absolute Gasteiger partial charge is 0.484 e. The molecule has 2 rings (SSSR count). The van der Waals surface area contributed by atoms with Crippen LogP contribution in [0.2, 0.25) is 5.02 Å². The van der Waals surface area contributed by atoms with E-state index in [1.165, 1.54) is 4.90 Å². The first-order valence-electron chi connectivity index (χ1n) is 10.2. The van der Waals surface area contributed by atoms with Gasteiger partial charge in [0.2, 0.25) is 5.91 Å². The smallest absolute Gasteiger partial charge is 0.261 e. The van der Waals surface area contributed by atoms with E-state index in [0.717, 1.165) is 16.7 Å². The third-order valence-electron chi connectivity index (χ3n) is 4.71. The van der Waals surface area contributed by atoms with Gasteiger partial charge in [-0.15, -0.1) is 0 Å². The Labute approximate surface area is 184 Å². The van der Waals surface area contributed by atoms with Gasteiger partial charge in [0, 0.05) is 18.1 Å². The Morgan fingerprint density at radius 2 is 1.70 bits per heavy atom. The lowest BCUT2D eigenvalue weighted by Gasteiger charge is -2.29. The van der Waals surface area contributed by atoms with Crippen LogP contribution >= 0.6 is 11.6 Å². The van der Waals surface area contributed by atoms with Gasteiger partial charge in [-0.25, -0.2) is 0 Å². The highest BCUT2D eigenvalue weighted by molar-refractivity contribution is 6.31. The SMILES string of the molecule is Cc1cc(C)cc(OCC(=O)N(Cc2ccccc2Cl)C(C)C(=O)NCC(C)C)c1. The number of hydrogen-bond acceptors (Lipinski definition) is 3. The standard InChI is InChI=1S/C24H31ClN2O3/c1-16(2)13-26-24(29)19(5)27(14-20-8-6-7-9-22(20)25)23(28)15-30-21-11-17(3)10-18(4)12-21/h6-12,16,19H,13-15H2,1-5H3,(H,26,29). The summed E-state index contributed by atoms with van der Waals surface area (Å²) in [5.74, 6) is 0.481. The minimum Gasteiger partial charge on any atom is -0.484 e. The van der Waals surface area contributed by atoms with Crippen LogP contribution in [0.5, 0.6) is 5.75 Å². The maximum absolute atomic E-state index is 13.1. The number of carbonyl (C=O) groups excluding carboxylic acids is 2. The number of carbonyl (C=O) groups is 2. The van der Waals surface area contributed by atoms with Crippen molar-refractivity contribution in [1.29, 1.82) is 0 Å². The van der Waals surface area contributed by atoms with E-state index in [1.807, 2.05) is 64.1 Å². The zero-order chi connectivity index (χ0) is 22.3. The summed E-state index contributed by atoms with van der Waals surface area (Å²) < 4.78 is 5.75. The van der Waals surface area contributed by atoms with Gasteiger partial charge in [-0.3, -0.25) is 9.59 Å². The first-order chi connectivity index (χ1) is 14.2. The lowest BCUT2D eigenvalue weighted by Crippen LogP contribution is -2.49. The van der Waals surface area contributed by atoms with Gasteiger partial charge >= 0.3 is 0 Å². The van der Waals surface area contributed by atoms with Crippen LogP contribution in [0, 0.1) is 19.8 Å². The number of rotatable bonds is 9. The summed E-state index contributed by atoms with van der Waals surface area (Å²) >= 11 is 6.30. The average Bonchev–Trinajstić information content (AvgIpc) is 2.68. The molecule has 2 aromatic carbocycles. The number of ether oxygens (including phenoxy) is 1. The van der Waals surface area contributed by atoms with Crippen molar-refractivity contribution in [2.24, 2.45) is 5.92 Å². The molecular weight excluding hydrogens is 400 g/mol. The van der Waals surface area contributed by atoms with E-state index in [0.29, 0.717) is 23.2 Å². The molecule has 0 heterocycles. The van der Waals surface area contributed by atoms with Crippen molar-refractivity contribution >= 4 is 23.4 Å². The van der Waals surface area contributed by atoms with Crippen LogP contribution in [0.1, 0.15) is 37.5 Å². The molecule has 5 nitrogen and oxygen atoms in total. The minimum atomic E-state index is -0.657. The van der Waals surface area contributed by atoms with E-state index in [2.05, 4.69) is 5.32 Å². The molecule has 0 aliphatic rings. The van der Waals surface area contributed by atoms with Crippen LogP contribution in [0.25, 0.3) is 0 Å². The molecule has 0 fully saturated rings. The molecule has 0 aliphatic heterocycles. The number of hydrogen-bond donors (Lipinski definition) is 1. The maximum atomic E-state index is 13.1. The van der Waals surface area contributed by atoms with Crippen molar-refractivity contribution in [3.05, 3.63) is 64.2 Å². The van der Waals surface area contributed by atoms with Gasteiger partial charge in [-0.2, -0.15) is 0 Å². The fourth-order valence-corrected chi connectivity index (χ4v) is 3.28. The Morgan fingerprint density at radius 1 is 1.07 bits per heavy atom. The van der Waals surface area contributed by atoms with Crippen molar-refractivity contribution in [2.45, 2.75) is 47.2 Å². The van der Waals surface area contributed by atoms with Gasteiger partial charge in [0.25, 0.3) is 5.91 Å². The molecule has 0 saturated carbocycles.